The predicted octanol–water partition coefficient (Wildman–Crippen LogP) is 3.37. The molecule has 0 atom stereocenters. The Balaban J connectivity index is 1.99. The zero-order chi connectivity index (χ0) is 16.9. The fourth-order valence-electron chi connectivity index (χ4n) is 1.77. The van der Waals surface area contributed by atoms with Gasteiger partial charge in [-0.15, -0.1) is 17.9 Å². The van der Waals surface area contributed by atoms with E-state index >= 15 is 0 Å². The summed E-state index contributed by atoms with van der Waals surface area (Å²) in [6.07, 6.45) is 1.49. The van der Waals surface area contributed by atoms with Gasteiger partial charge in [0.15, 0.2) is 0 Å². The molecule has 0 aliphatic carbocycles. The van der Waals surface area contributed by atoms with Crippen LogP contribution in [0.2, 0.25) is 0 Å². The van der Waals surface area contributed by atoms with Crippen LogP contribution >= 0.6 is 27.3 Å². The molecule has 2 rings (SSSR count). The molecule has 23 heavy (non-hydrogen) atoms. The lowest BCUT2D eigenvalue weighted by Gasteiger charge is -2.07. The summed E-state index contributed by atoms with van der Waals surface area (Å²) in [6.45, 7) is 3.67. The van der Waals surface area contributed by atoms with Crippen molar-refractivity contribution < 1.29 is 13.2 Å². The number of carbonyl (C=O) groups is 1. The molecule has 5 nitrogen and oxygen atoms in total. The highest BCUT2D eigenvalue weighted by Crippen LogP contribution is 2.23. The van der Waals surface area contributed by atoms with Crippen LogP contribution in [-0.2, 0) is 15.8 Å². The molecule has 0 spiro atoms. The second kappa shape index (κ2) is 7.87. The molecule has 1 aromatic heterocycles. The summed E-state index contributed by atoms with van der Waals surface area (Å²) < 4.78 is 26.8. The van der Waals surface area contributed by atoms with Gasteiger partial charge in [0, 0.05) is 12.2 Å². The van der Waals surface area contributed by atoms with Crippen LogP contribution in [0, 0.1) is 0 Å². The molecule has 1 aromatic carbocycles. The van der Waals surface area contributed by atoms with Gasteiger partial charge < -0.3 is 5.32 Å². The number of benzene rings is 1. The first kappa shape index (κ1) is 17.9. The number of sulfonamides is 1. The normalized spacial score (nSPS) is 11.2. The lowest BCUT2D eigenvalue weighted by Crippen LogP contribution is -2.25. The number of rotatable bonds is 7. The Labute approximate surface area is 147 Å². The smallest absolute Gasteiger partial charge is 0.265 e. The largest absolute Gasteiger partial charge is 0.321 e. The number of hydrogen-bond donors (Lipinski definition) is 2. The van der Waals surface area contributed by atoms with E-state index < -0.39 is 10.0 Å². The molecule has 0 unspecified atom stereocenters. The third kappa shape index (κ3) is 5.58. The van der Waals surface area contributed by atoms with Crippen molar-refractivity contribution in [3.05, 3.63) is 63.3 Å². The van der Waals surface area contributed by atoms with Gasteiger partial charge in [0.25, 0.3) is 5.91 Å². The van der Waals surface area contributed by atoms with Crippen LogP contribution in [0.15, 0.2) is 52.8 Å². The van der Waals surface area contributed by atoms with Gasteiger partial charge >= 0.3 is 0 Å². The first-order chi connectivity index (χ1) is 10.9. The van der Waals surface area contributed by atoms with E-state index in [0.717, 1.165) is 3.79 Å². The number of amides is 1. The van der Waals surface area contributed by atoms with Crippen LogP contribution in [0.4, 0.5) is 5.69 Å². The van der Waals surface area contributed by atoms with Gasteiger partial charge in [0.2, 0.25) is 10.0 Å². The van der Waals surface area contributed by atoms with Crippen molar-refractivity contribution in [2.45, 2.75) is 5.75 Å². The molecule has 0 saturated heterocycles. The minimum Gasteiger partial charge on any atom is -0.321 e. The molecule has 0 bridgehead atoms. The van der Waals surface area contributed by atoms with Gasteiger partial charge in [-0.25, -0.2) is 13.1 Å². The fourth-order valence-corrected chi connectivity index (χ4v) is 4.16. The SMILES string of the molecule is C=CCNS(=O)(=O)Cc1ccc(NC(=O)c2ccc(Br)s2)cc1. The Kier molecular flexibility index (Phi) is 6.11. The second-order valence-electron chi connectivity index (χ2n) is 4.65. The molecule has 8 heteroatoms. The second-order valence-corrected chi connectivity index (χ2v) is 8.92. The van der Waals surface area contributed by atoms with Crippen molar-refractivity contribution in [3.8, 4) is 0 Å². The highest BCUT2D eigenvalue weighted by Gasteiger charge is 2.11. The van der Waals surface area contributed by atoms with E-state index in [2.05, 4.69) is 32.5 Å². The Morgan fingerprint density at radius 1 is 1.22 bits per heavy atom. The maximum Gasteiger partial charge on any atom is 0.265 e. The van der Waals surface area contributed by atoms with Crippen molar-refractivity contribution in [2.75, 3.05) is 11.9 Å². The van der Waals surface area contributed by atoms with Crippen molar-refractivity contribution in [2.24, 2.45) is 0 Å². The fraction of sp³-hybridized carbons (Fsp3) is 0.133. The third-order valence-corrected chi connectivity index (χ3v) is 5.76. The number of thiophene rings is 1. The highest BCUT2D eigenvalue weighted by atomic mass is 79.9. The van der Waals surface area contributed by atoms with E-state index in [1.807, 2.05) is 6.07 Å². The summed E-state index contributed by atoms with van der Waals surface area (Å²) in [7, 11) is -3.39. The molecular formula is C15H15BrN2O3S2. The monoisotopic (exact) mass is 414 g/mol. The summed E-state index contributed by atoms with van der Waals surface area (Å²) in [4.78, 5) is 12.6. The van der Waals surface area contributed by atoms with Gasteiger partial charge in [-0.2, -0.15) is 0 Å². The van der Waals surface area contributed by atoms with Gasteiger partial charge in [0.05, 0.1) is 14.4 Å². The quantitative estimate of drug-likeness (QED) is 0.681. The molecular weight excluding hydrogens is 400 g/mol. The van der Waals surface area contributed by atoms with Gasteiger partial charge in [-0.3, -0.25) is 4.79 Å². The Morgan fingerprint density at radius 3 is 2.48 bits per heavy atom. The molecule has 0 aliphatic heterocycles. The third-order valence-electron chi connectivity index (χ3n) is 2.81. The van der Waals surface area contributed by atoms with E-state index in [1.165, 1.54) is 17.4 Å². The van der Waals surface area contributed by atoms with Crippen LogP contribution in [0.25, 0.3) is 0 Å². The van der Waals surface area contributed by atoms with Crippen LogP contribution in [0.5, 0.6) is 0 Å². The highest BCUT2D eigenvalue weighted by molar-refractivity contribution is 9.11. The van der Waals surface area contributed by atoms with E-state index in [-0.39, 0.29) is 18.2 Å². The Morgan fingerprint density at radius 2 is 1.91 bits per heavy atom. The minimum absolute atomic E-state index is 0.118. The Bertz CT molecular complexity index is 798. The van der Waals surface area contributed by atoms with Gasteiger partial charge in [0.1, 0.15) is 0 Å². The average molecular weight is 415 g/mol. The topological polar surface area (TPSA) is 75.3 Å². The van der Waals surface area contributed by atoms with E-state index in [0.29, 0.717) is 16.1 Å². The minimum atomic E-state index is -3.39. The van der Waals surface area contributed by atoms with E-state index in [1.54, 1.807) is 30.3 Å². The predicted molar refractivity (Wildman–Crippen MR) is 97.2 cm³/mol. The maximum absolute atomic E-state index is 12.0. The lowest BCUT2D eigenvalue weighted by atomic mass is 10.2. The van der Waals surface area contributed by atoms with Gasteiger partial charge in [-0.05, 0) is 45.8 Å². The summed E-state index contributed by atoms with van der Waals surface area (Å²) in [6, 6.07) is 10.2. The number of hydrogen-bond acceptors (Lipinski definition) is 4. The summed E-state index contributed by atoms with van der Waals surface area (Å²) >= 11 is 4.65. The van der Waals surface area contributed by atoms with E-state index in [9.17, 15) is 13.2 Å². The molecule has 0 aliphatic rings. The summed E-state index contributed by atoms with van der Waals surface area (Å²) in [5.41, 5.74) is 1.25. The standard InChI is InChI=1S/C15H15BrN2O3S2/c1-2-9-17-23(20,21)10-11-3-5-12(6-4-11)18-15(19)13-7-8-14(16)22-13/h2-8,17H,1,9-10H2,(H,18,19). The zero-order valence-corrected chi connectivity index (χ0v) is 15.3. The molecule has 2 aromatic rings. The molecule has 0 fully saturated rings. The van der Waals surface area contributed by atoms with Crippen LogP contribution < -0.4 is 10.0 Å². The van der Waals surface area contributed by atoms with Gasteiger partial charge in [-0.1, -0.05) is 18.2 Å². The van der Waals surface area contributed by atoms with Crippen molar-refractivity contribution in [3.63, 3.8) is 0 Å². The van der Waals surface area contributed by atoms with Crippen LogP contribution in [0.1, 0.15) is 15.2 Å². The molecule has 2 N–H and O–H groups in total. The van der Waals surface area contributed by atoms with Crippen LogP contribution in [-0.4, -0.2) is 20.9 Å². The van der Waals surface area contributed by atoms with Crippen molar-refractivity contribution in [1.29, 1.82) is 0 Å². The summed E-state index contributed by atoms with van der Waals surface area (Å²) in [5, 5.41) is 2.77. The molecule has 1 amide bonds. The summed E-state index contributed by atoms with van der Waals surface area (Å²) in [5.74, 6) is -0.318. The first-order valence-corrected chi connectivity index (χ1v) is 9.89. The number of nitrogens with one attached hydrogen (secondary N) is 2. The Hall–Kier alpha value is -1.48. The number of anilines is 1. The zero-order valence-electron chi connectivity index (χ0n) is 12.1. The lowest BCUT2D eigenvalue weighted by molar-refractivity contribution is 0.103. The first-order valence-electron chi connectivity index (χ1n) is 6.63. The average Bonchev–Trinajstić information content (AvgIpc) is 2.94. The molecule has 122 valence electrons. The number of halogens is 1. The van der Waals surface area contributed by atoms with E-state index in [4.69, 9.17) is 0 Å². The van der Waals surface area contributed by atoms with Crippen LogP contribution in [0.3, 0.4) is 0 Å². The van der Waals surface area contributed by atoms with Crippen molar-refractivity contribution >= 4 is 48.9 Å². The van der Waals surface area contributed by atoms with Crippen molar-refractivity contribution in [1.82, 2.24) is 4.72 Å². The molecule has 0 saturated carbocycles. The maximum atomic E-state index is 12.0. The molecule has 0 radical (unpaired) electrons. The number of carbonyl (C=O) groups excluding carboxylic acids is 1. The molecule has 1 heterocycles.